The van der Waals surface area contributed by atoms with Crippen molar-refractivity contribution in [2.75, 3.05) is 12.0 Å². The number of hydrogen-bond donors (Lipinski definition) is 2. The van der Waals surface area contributed by atoms with Crippen LogP contribution in [-0.2, 0) is 4.79 Å². The van der Waals surface area contributed by atoms with Gasteiger partial charge in [0.2, 0.25) is 5.91 Å². The summed E-state index contributed by atoms with van der Waals surface area (Å²) in [6.07, 6.45) is 0.821. The third-order valence-electron chi connectivity index (χ3n) is 2.90. The molecule has 0 aliphatic carbocycles. The van der Waals surface area contributed by atoms with Crippen molar-refractivity contribution in [1.29, 1.82) is 0 Å². The largest absolute Gasteiger partial charge is 0.330 e. The van der Waals surface area contributed by atoms with E-state index in [0.29, 0.717) is 12.5 Å². The average Bonchev–Trinajstić information content (AvgIpc) is 2.57. The van der Waals surface area contributed by atoms with E-state index in [2.05, 4.69) is 19.3 Å². The van der Waals surface area contributed by atoms with Gasteiger partial charge in [-0.1, -0.05) is 13.8 Å². The minimum atomic E-state index is -0.115. The first-order valence-electron chi connectivity index (χ1n) is 6.11. The van der Waals surface area contributed by atoms with Gasteiger partial charge in [0.05, 0.1) is 5.92 Å². The van der Waals surface area contributed by atoms with Crippen LogP contribution in [0.3, 0.4) is 0 Å². The zero-order chi connectivity index (χ0) is 13.0. The normalized spacial score (nSPS) is 12.8. The Hall–Kier alpha value is -1.29. The van der Waals surface area contributed by atoms with Crippen LogP contribution in [0.5, 0.6) is 0 Å². The number of amides is 1. The Bertz CT molecular complexity index is 363. The van der Waals surface area contributed by atoms with Crippen LogP contribution in [0.4, 0.5) is 0 Å². The molecule has 0 bridgehead atoms. The maximum Gasteiger partial charge on any atom is 0.243 e. The highest BCUT2D eigenvalue weighted by atomic mass is 16.2. The number of nitrogens with zero attached hydrogens (tertiary/aromatic N) is 1. The molecule has 1 amide bonds. The smallest absolute Gasteiger partial charge is 0.243 e. The highest BCUT2D eigenvalue weighted by molar-refractivity contribution is 5.86. The molecular weight excluding hydrogens is 214 g/mol. The molecule has 1 unspecified atom stereocenters. The van der Waals surface area contributed by atoms with Crippen LogP contribution in [0.15, 0.2) is 12.1 Å². The Morgan fingerprint density at radius 1 is 1.35 bits per heavy atom. The van der Waals surface area contributed by atoms with Crippen LogP contribution in [0, 0.1) is 25.7 Å². The number of hydrogen-bond acceptors (Lipinski definition) is 2. The van der Waals surface area contributed by atoms with Gasteiger partial charge < -0.3 is 5.73 Å². The molecule has 0 aliphatic heterocycles. The van der Waals surface area contributed by atoms with Crippen molar-refractivity contribution in [3.8, 4) is 0 Å². The van der Waals surface area contributed by atoms with Gasteiger partial charge in [0.1, 0.15) is 0 Å². The van der Waals surface area contributed by atoms with E-state index in [0.717, 1.165) is 17.8 Å². The Balaban J connectivity index is 2.70. The van der Waals surface area contributed by atoms with Crippen LogP contribution < -0.4 is 11.2 Å². The third-order valence-corrected chi connectivity index (χ3v) is 2.90. The first-order valence-corrected chi connectivity index (χ1v) is 6.11. The second-order valence-electron chi connectivity index (χ2n) is 4.99. The number of aromatic nitrogens is 1. The molecule has 3 N–H and O–H groups in total. The van der Waals surface area contributed by atoms with E-state index in [4.69, 9.17) is 5.73 Å². The van der Waals surface area contributed by atoms with E-state index in [1.54, 1.807) is 0 Å². The highest BCUT2D eigenvalue weighted by Crippen LogP contribution is 2.12. The van der Waals surface area contributed by atoms with Crippen molar-refractivity contribution in [3.05, 3.63) is 23.5 Å². The van der Waals surface area contributed by atoms with Gasteiger partial charge in [-0.15, -0.1) is 0 Å². The van der Waals surface area contributed by atoms with Gasteiger partial charge in [-0.3, -0.25) is 14.9 Å². The lowest BCUT2D eigenvalue weighted by molar-refractivity contribution is -0.121. The van der Waals surface area contributed by atoms with Gasteiger partial charge in [-0.05, 0) is 38.3 Å². The van der Waals surface area contributed by atoms with Gasteiger partial charge in [-0.2, -0.15) is 0 Å². The fourth-order valence-corrected chi connectivity index (χ4v) is 1.93. The lowest BCUT2D eigenvalue weighted by Crippen LogP contribution is -2.35. The van der Waals surface area contributed by atoms with Gasteiger partial charge in [-0.25, -0.2) is 0 Å². The summed E-state index contributed by atoms with van der Waals surface area (Å²) in [5.74, 6) is 0.362. The molecule has 0 aromatic carbocycles. The zero-order valence-electron chi connectivity index (χ0n) is 11.2. The van der Waals surface area contributed by atoms with Crippen LogP contribution in [0.2, 0.25) is 0 Å². The Morgan fingerprint density at radius 2 is 1.88 bits per heavy atom. The summed E-state index contributed by atoms with van der Waals surface area (Å²) in [5.41, 5.74) is 10.6. The number of carbonyl (C=O) groups excluding carboxylic acids is 1. The fourth-order valence-electron chi connectivity index (χ4n) is 1.93. The molecule has 0 radical (unpaired) electrons. The zero-order valence-corrected chi connectivity index (χ0v) is 11.2. The van der Waals surface area contributed by atoms with Gasteiger partial charge in [0, 0.05) is 17.9 Å². The Labute approximate surface area is 103 Å². The molecule has 17 heavy (non-hydrogen) atoms. The predicted octanol–water partition coefficient (Wildman–Crippen LogP) is 1.80. The van der Waals surface area contributed by atoms with Crippen molar-refractivity contribution in [2.24, 2.45) is 17.6 Å². The first kappa shape index (κ1) is 13.8. The summed E-state index contributed by atoms with van der Waals surface area (Å²) in [7, 11) is 0. The number of nitrogens with one attached hydrogen (secondary N) is 1. The minimum absolute atomic E-state index is 0.00333. The van der Waals surface area contributed by atoms with Crippen molar-refractivity contribution >= 4 is 5.91 Å². The number of rotatable bonds is 5. The summed E-state index contributed by atoms with van der Waals surface area (Å²) in [5, 5.41) is 0. The fraction of sp³-hybridized carbons (Fsp3) is 0.615. The lowest BCUT2D eigenvalue weighted by Gasteiger charge is -2.19. The molecule has 0 aliphatic rings. The van der Waals surface area contributed by atoms with Crippen LogP contribution in [-0.4, -0.2) is 17.1 Å². The molecular formula is C13H23N3O. The third kappa shape index (κ3) is 3.60. The molecule has 1 atom stereocenters. The van der Waals surface area contributed by atoms with Crippen molar-refractivity contribution < 1.29 is 4.79 Å². The highest BCUT2D eigenvalue weighted by Gasteiger charge is 2.19. The summed E-state index contributed by atoms with van der Waals surface area (Å²) >= 11 is 0. The van der Waals surface area contributed by atoms with Crippen LogP contribution in [0.1, 0.15) is 31.7 Å². The SMILES string of the molecule is Cc1ccc(C)n1NC(=O)C(CN)CC(C)C. The number of nitrogens with two attached hydrogens (primary N) is 1. The van der Waals surface area contributed by atoms with Crippen molar-refractivity contribution in [1.82, 2.24) is 4.68 Å². The molecule has 1 heterocycles. The summed E-state index contributed by atoms with van der Waals surface area (Å²) < 4.78 is 1.81. The predicted molar refractivity (Wildman–Crippen MR) is 70.3 cm³/mol. The molecule has 0 saturated carbocycles. The maximum absolute atomic E-state index is 12.1. The molecule has 4 nitrogen and oxygen atoms in total. The topological polar surface area (TPSA) is 60.0 Å². The van der Waals surface area contributed by atoms with E-state index < -0.39 is 0 Å². The maximum atomic E-state index is 12.1. The molecule has 1 aromatic rings. The Morgan fingerprint density at radius 3 is 2.29 bits per heavy atom. The average molecular weight is 237 g/mol. The lowest BCUT2D eigenvalue weighted by atomic mass is 9.97. The molecule has 1 aromatic heterocycles. The second kappa shape index (κ2) is 5.87. The summed E-state index contributed by atoms with van der Waals surface area (Å²) in [6.45, 7) is 8.52. The number of aryl methyl sites for hydroxylation is 2. The molecule has 0 fully saturated rings. The molecule has 96 valence electrons. The van der Waals surface area contributed by atoms with Crippen LogP contribution >= 0.6 is 0 Å². The number of carbonyl (C=O) groups is 1. The Kier molecular flexibility index (Phi) is 4.75. The van der Waals surface area contributed by atoms with E-state index in [1.165, 1.54) is 0 Å². The molecule has 4 heteroatoms. The van der Waals surface area contributed by atoms with E-state index in [1.807, 2.05) is 30.7 Å². The van der Waals surface area contributed by atoms with E-state index in [-0.39, 0.29) is 11.8 Å². The van der Waals surface area contributed by atoms with Gasteiger partial charge in [0.25, 0.3) is 0 Å². The van der Waals surface area contributed by atoms with Crippen molar-refractivity contribution in [2.45, 2.75) is 34.1 Å². The molecule has 0 spiro atoms. The minimum Gasteiger partial charge on any atom is -0.330 e. The summed E-state index contributed by atoms with van der Waals surface area (Å²) in [6, 6.07) is 3.96. The van der Waals surface area contributed by atoms with Gasteiger partial charge >= 0.3 is 0 Å². The van der Waals surface area contributed by atoms with Crippen molar-refractivity contribution in [3.63, 3.8) is 0 Å². The van der Waals surface area contributed by atoms with E-state index in [9.17, 15) is 4.79 Å². The monoisotopic (exact) mass is 237 g/mol. The second-order valence-corrected chi connectivity index (χ2v) is 4.99. The summed E-state index contributed by atoms with van der Waals surface area (Å²) in [4.78, 5) is 12.1. The van der Waals surface area contributed by atoms with Gasteiger partial charge in [0.15, 0.2) is 0 Å². The quantitative estimate of drug-likeness (QED) is 0.820. The van der Waals surface area contributed by atoms with E-state index >= 15 is 0 Å². The standard InChI is InChI=1S/C13H23N3O/c1-9(2)7-12(8-14)13(17)15-16-10(3)5-6-11(16)4/h5-6,9,12H,7-8,14H2,1-4H3,(H,15,17). The van der Waals surface area contributed by atoms with Crippen LogP contribution in [0.25, 0.3) is 0 Å². The molecule has 1 rings (SSSR count). The molecule has 0 saturated heterocycles. The first-order chi connectivity index (χ1) is 7.95.